The van der Waals surface area contributed by atoms with E-state index in [2.05, 4.69) is 10.1 Å². The molecule has 0 unspecified atom stereocenters. The first-order chi connectivity index (χ1) is 9.58. The number of nitrogens with zero attached hydrogens (tertiary/aromatic N) is 5. The molecule has 0 N–H and O–H groups in total. The summed E-state index contributed by atoms with van der Waals surface area (Å²) in [6.07, 6.45) is 3.26. The van der Waals surface area contributed by atoms with Crippen molar-refractivity contribution in [1.29, 1.82) is 5.26 Å². The van der Waals surface area contributed by atoms with E-state index in [-0.39, 0.29) is 11.9 Å². The Bertz CT molecular complexity index is 705. The Morgan fingerprint density at radius 3 is 2.80 bits per heavy atom. The van der Waals surface area contributed by atoms with Gasteiger partial charge in [0.1, 0.15) is 10.9 Å². The van der Waals surface area contributed by atoms with Crippen LogP contribution in [-0.2, 0) is 0 Å². The molecule has 0 spiro atoms. The lowest BCUT2D eigenvalue weighted by molar-refractivity contribution is 0.0505. The highest BCUT2D eigenvalue weighted by Gasteiger charge is 2.34. The summed E-state index contributed by atoms with van der Waals surface area (Å²) in [6, 6.07) is 2.21. The molecule has 6 nitrogen and oxygen atoms in total. The molecule has 102 valence electrons. The first-order valence-electron chi connectivity index (χ1n) is 6.26. The van der Waals surface area contributed by atoms with Crippen LogP contribution < -0.4 is 0 Å². The summed E-state index contributed by atoms with van der Waals surface area (Å²) in [4.78, 5) is 19.1. The number of likely N-dealkylation sites (tertiary alicyclic amines) is 1. The highest BCUT2D eigenvalue weighted by atomic mass is 32.1. The molecule has 2 aromatic rings. The van der Waals surface area contributed by atoms with E-state index >= 15 is 0 Å². The smallest absolute Gasteiger partial charge is 0.266 e. The van der Waals surface area contributed by atoms with Gasteiger partial charge in [-0.2, -0.15) is 10.4 Å². The summed E-state index contributed by atoms with van der Waals surface area (Å²) in [6.45, 7) is 5.02. The highest BCUT2D eigenvalue weighted by molar-refractivity contribution is 7.13. The van der Waals surface area contributed by atoms with Crippen LogP contribution in [0.4, 0.5) is 0 Å². The lowest BCUT2D eigenvalue weighted by atomic mass is 10.1. The van der Waals surface area contributed by atoms with Gasteiger partial charge in [0.15, 0.2) is 0 Å². The molecule has 2 aromatic heterocycles. The van der Waals surface area contributed by atoms with E-state index in [0.717, 1.165) is 15.6 Å². The van der Waals surface area contributed by atoms with Gasteiger partial charge >= 0.3 is 0 Å². The van der Waals surface area contributed by atoms with Crippen LogP contribution in [0.2, 0.25) is 0 Å². The summed E-state index contributed by atoms with van der Waals surface area (Å²) in [5, 5.41) is 13.8. The second-order valence-corrected chi connectivity index (χ2v) is 6.04. The molecule has 0 bridgehead atoms. The third-order valence-electron chi connectivity index (χ3n) is 3.35. The van der Waals surface area contributed by atoms with Crippen LogP contribution in [0.25, 0.3) is 0 Å². The van der Waals surface area contributed by atoms with Gasteiger partial charge in [-0.05, 0) is 13.8 Å². The van der Waals surface area contributed by atoms with Crippen molar-refractivity contribution in [3.63, 3.8) is 0 Å². The maximum Gasteiger partial charge on any atom is 0.266 e. The molecule has 0 radical (unpaired) electrons. The molecule has 3 heterocycles. The Hall–Kier alpha value is -2.20. The fourth-order valence-corrected chi connectivity index (χ4v) is 3.14. The normalized spacial score (nSPS) is 14.9. The molecular weight excluding hydrogens is 274 g/mol. The number of aryl methyl sites for hydroxylation is 2. The topological polar surface area (TPSA) is 74.8 Å². The number of nitriles is 1. The van der Waals surface area contributed by atoms with Gasteiger partial charge < -0.3 is 4.90 Å². The number of amides is 1. The molecule has 20 heavy (non-hydrogen) atoms. The van der Waals surface area contributed by atoms with Crippen molar-refractivity contribution in [3.8, 4) is 6.07 Å². The number of carbonyl (C=O) groups excluding carboxylic acids is 1. The van der Waals surface area contributed by atoms with E-state index < -0.39 is 0 Å². The largest absolute Gasteiger partial charge is 0.333 e. The Kier molecular flexibility index (Phi) is 3.03. The number of aromatic nitrogens is 3. The molecular formula is C13H13N5OS. The highest BCUT2D eigenvalue weighted by Crippen LogP contribution is 2.26. The molecule has 7 heteroatoms. The molecule has 1 fully saturated rings. The SMILES string of the molecule is Cc1nc(C)c(C(=O)N2CC(n3cc(C#N)cn3)C2)s1. The van der Waals surface area contributed by atoms with Crippen LogP contribution in [0.1, 0.15) is 32.0 Å². The summed E-state index contributed by atoms with van der Waals surface area (Å²) in [5.41, 5.74) is 1.34. The zero-order valence-corrected chi connectivity index (χ0v) is 12.0. The average Bonchev–Trinajstić information content (AvgIpc) is 2.94. The summed E-state index contributed by atoms with van der Waals surface area (Å²) in [5.74, 6) is 0.0389. The quantitative estimate of drug-likeness (QED) is 0.839. The molecule has 0 atom stereocenters. The standard InChI is InChI=1S/C13H13N5OS/c1-8-12(20-9(2)16-8)13(19)17-6-11(7-17)18-5-10(3-14)4-15-18/h4-5,11H,6-7H2,1-2H3. The Morgan fingerprint density at radius 2 is 2.25 bits per heavy atom. The summed E-state index contributed by atoms with van der Waals surface area (Å²) in [7, 11) is 0. The van der Waals surface area contributed by atoms with Gasteiger partial charge in [-0.1, -0.05) is 0 Å². The zero-order chi connectivity index (χ0) is 14.3. The molecule has 1 amide bonds. The molecule has 0 aliphatic carbocycles. The zero-order valence-electron chi connectivity index (χ0n) is 11.2. The fraction of sp³-hybridized carbons (Fsp3) is 0.385. The minimum atomic E-state index is 0.0389. The molecule has 0 saturated carbocycles. The summed E-state index contributed by atoms with van der Waals surface area (Å²) < 4.78 is 1.76. The van der Waals surface area contributed by atoms with Crippen LogP contribution in [0, 0.1) is 25.2 Å². The van der Waals surface area contributed by atoms with E-state index in [0.29, 0.717) is 18.7 Å². The van der Waals surface area contributed by atoms with Crippen LogP contribution in [0.5, 0.6) is 0 Å². The molecule has 0 aromatic carbocycles. The third-order valence-corrected chi connectivity index (χ3v) is 4.41. The van der Waals surface area contributed by atoms with Crippen LogP contribution in [0.15, 0.2) is 12.4 Å². The van der Waals surface area contributed by atoms with Crippen LogP contribution in [-0.4, -0.2) is 38.7 Å². The maximum atomic E-state index is 12.3. The number of thiazole rings is 1. The monoisotopic (exact) mass is 287 g/mol. The van der Waals surface area contributed by atoms with E-state index in [1.165, 1.54) is 11.3 Å². The van der Waals surface area contributed by atoms with E-state index in [1.807, 2.05) is 19.9 Å². The van der Waals surface area contributed by atoms with Gasteiger partial charge in [0.25, 0.3) is 5.91 Å². The Balaban J connectivity index is 1.67. The van der Waals surface area contributed by atoms with E-state index in [4.69, 9.17) is 5.26 Å². The second-order valence-electron chi connectivity index (χ2n) is 4.83. The lowest BCUT2D eigenvalue weighted by Gasteiger charge is -2.38. The van der Waals surface area contributed by atoms with E-state index in [1.54, 1.807) is 22.0 Å². The maximum absolute atomic E-state index is 12.3. The van der Waals surface area contributed by atoms with Gasteiger partial charge in [-0.15, -0.1) is 11.3 Å². The fourth-order valence-electron chi connectivity index (χ4n) is 2.26. The van der Waals surface area contributed by atoms with Crippen molar-refractivity contribution in [2.75, 3.05) is 13.1 Å². The van der Waals surface area contributed by atoms with Crippen molar-refractivity contribution >= 4 is 17.2 Å². The van der Waals surface area contributed by atoms with E-state index in [9.17, 15) is 4.79 Å². The van der Waals surface area contributed by atoms with Crippen LogP contribution in [0.3, 0.4) is 0 Å². The van der Waals surface area contributed by atoms with Crippen molar-refractivity contribution in [1.82, 2.24) is 19.7 Å². The third kappa shape index (κ3) is 2.08. The molecule has 1 aliphatic heterocycles. The lowest BCUT2D eigenvalue weighted by Crippen LogP contribution is -2.50. The number of carbonyl (C=O) groups is 1. The molecule has 1 saturated heterocycles. The van der Waals surface area contributed by atoms with Gasteiger partial charge in [-0.3, -0.25) is 9.48 Å². The molecule has 1 aliphatic rings. The minimum Gasteiger partial charge on any atom is -0.333 e. The summed E-state index contributed by atoms with van der Waals surface area (Å²) >= 11 is 1.44. The van der Waals surface area contributed by atoms with Crippen molar-refractivity contribution in [2.45, 2.75) is 19.9 Å². The second kappa shape index (κ2) is 4.72. The van der Waals surface area contributed by atoms with Gasteiger partial charge in [0, 0.05) is 19.3 Å². The number of hydrogen-bond acceptors (Lipinski definition) is 5. The number of rotatable bonds is 2. The predicted octanol–water partition coefficient (Wildman–Crippen LogP) is 1.53. The van der Waals surface area contributed by atoms with Crippen molar-refractivity contribution < 1.29 is 4.79 Å². The first-order valence-corrected chi connectivity index (χ1v) is 7.07. The van der Waals surface area contributed by atoms with Crippen molar-refractivity contribution in [2.24, 2.45) is 0 Å². The van der Waals surface area contributed by atoms with Crippen molar-refractivity contribution in [3.05, 3.63) is 33.5 Å². The molecule has 3 rings (SSSR count). The predicted molar refractivity (Wildman–Crippen MR) is 73.5 cm³/mol. The van der Waals surface area contributed by atoms with Crippen LogP contribution >= 0.6 is 11.3 Å². The average molecular weight is 287 g/mol. The van der Waals surface area contributed by atoms with Gasteiger partial charge in [0.05, 0.1) is 28.5 Å². The first kappa shape index (κ1) is 12.8. The Labute approximate surface area is 120 Å². The van der Waals surface area contributed by atoms with Gasteiger partial charge in [0.2, 0.25) is 0 Å². The van der Waals surface area contributed by atoms with Gasteiger partial charge in [-0.25, -0.2) is 4.98 Å². The minimum absolute atomic E-state index is 0.0389. The Morgan fingerprint density at radius 1 is 1.50 bits per heavy atom. The number of hydrogen-bond donors (Lipinski definition) is 0.